The van der Waals surface area contributed by atoms with Crippen LogP contribution >= 0.6 is 17.0 Å². The summed E-state index contributed by atoms with van der Waals surface area (Å²) in [5.41, 5.74) is 13.9. The van der Waals surface area contributed by atoms with Gasteiger partial charge in [-0.3, -0.25) is 0 Å². The molecule has 0 saturated carbocycles. The van der Waals surface area contributed by atoms with E-state index in [-0.39, 0.29) is 0 Å². The average molecular weight is 864 g/mol. The molecule has 1 aliphatic rings. The standard InChI is InChI=1S/2C20H21.C12H7Si.2ClH.Zr/c2*1-4-15(3)18-11-10-17-12-14(2)13-19(17)20(18)16-8-6-5-7-9-16;1-3-7-11-9(5-1)10-6-2-4-8-12(10)13-11;;;/h2*5-13,15H,4H2,1-3H3;1-7H;2*1H;/q3*-1;;;+2/p-2. The van der Waals surface area contributed by atoms with Crippen molar-refractivity contribution in [1.82, 2.24) is 0 Å². The topological polar surface area (TPSA) is 0 Å². The van der Waals surface area contributed by atoms with Gasteiger partial charge in [0.1, 0.15) is 0 Å². The van der Waals surface area contributed by atoms with Gasteiger partial charge in [0.2, 0.25) is 0 Å². The zero-order chi connectivity index (χ0) is 39.6. The summed E-state index contributed by atoms with van der Waals surface area (Å²) >= 11 is -0.826. The van der Waals surface area contributed by atoms with E-state index in [0.717, 1.165) is 9.52 Å². The van der Waals surface area contributed by atoms with E-state index in [9.17, 15) is 0 Å². The maximum absolute atomic E-state index is 4.93. The molecule has 0 amide bonds. The summed E-state index contributed by atoms with van der Waals surface area (Å²) in [4.78, 5) is 0. The summed E-state index contributed by atoms with van der Waals surface area (Å²) in [5, 5.41) is 8.32. The van der Waals surface area contributed by atoms with Crippen LogP contribution in [0.4, 0.5) is 0 Å². The minimum absolute atomic E-state index is 0.588. The largest absolute Gasteiger partial charge is 0.184 e. The molecule has 0 N–H and O–H groups in total. The Bertz CT molecular complexity index is 2300. The van der Waals surface area contributed by atoms with Gasteiger partial charge in [0.05, 0.1) is 9.52 Å². The fourth-order valence-corrected chi connectivity index (χ4v) is 9.05. The Morgan fingerprint density at radius 2 is 1.04 bits per heavy atom. The second kappa shape index (κ2) is 20.1. The van der Waals surface area contributed by atoms with Crippen LogP contribution in [0.5, 0.6) is 0 Å². The van der Waals surface area contributed by atoms with Crippen LogP contribution in [0, 0.1) is 19.9 Å². The monoisotopic (exact) mass is 861 g/mol. The van der Waals surface area contributed by atoms with E-state index < -0.39 is 20.8 Å². The Kier molecular flexibility index (Phi) is 15.0. The van der Waals surface area contributed by atoms with Gasteiger partial charge in [0.25, 0.3) is 0 Å². The number of hydrogen-bond donors (Lipinski definition) is 0. The second-order valence-electron chi connectivity index (χ2n) is 14.7. The quantitative estimate of drug-likeness (QED) is 0.115. The molecule has 2 atom stereocenters. The molecule has 2 radical (unpaired) electrons. The van der Waals surface area contributed by atoms with Gasteiger partial charge in [-0.05, 0) is 35.8 Å². The van der Waals surface area contributed by atoms with Crippen molar-refractivity contribution < 1.29 is 20.8 Å². The third-order valence-corrected chi connectivity index (χ3v) is 12.2. The number of hydrogen-bond acceptors (Lipinski definition) is 0. The van der Waals surface area contributed by atoms with E-state index in [1.807, 2.05) is 6.07 Å². The molecule has 0 fully saturated rings. The number of aryl methyl sites for hydroxylation is 2. The van der Waals surface area contributed by atoms with E-state index in [1.54, 1.807) is 0 Å². The Morgan fingerprint density at radius 1 is 0.589 bits per heavy atom. The first-order chi connectivity index (χ1) is 27.3. The van der Waals surface area contributed by atoms with Gasteiger partial charge < -0.3 is 0 Å². The molecule has 8 aromatic carbocycles. The first kappa shape index (κ1) is 41.8. The molecule has 0 spiro atoms. The van der Waals surface area contributed by atoms with Gasteiger partial charge in [-0.15, -0.1) is 74.6 Å². The summed E-state index contributed by atoms with van der Waals surface area (Å²) in [6, 6.07) is 58.1. The Labute approximate surface area is 356 Å². The Hall–Kier alpha value is -3.78. The molecule has 1 heterocycles. The van der Waals surface area contributed by atoms with Crippen LogP contribution in [-0.2, 0) is 20.8 Å². The molecule has 56 heavy (non-hydrogen) atoms. The third kappa shape index (κ3) is 9.66. The Morgan fingerprint density at radius 3 is 1.52 bits per heavy atom. The molecule has 282 valence electrons. The fourth-order valence-electron chi connectivity index (χ4n) is 7.74. The fraction of sp³-hybridized carbons (Fsp3) is 0.192. The van der Waals surface area contributed by atoms with E-state index in [2.05, 4.69) is 193 Å². The molecule has 0 aromatic heterocycles. The van der Waals surface area contributed by atoms with Crippen LogP contribution in [0.1, 0.15) is 74.6 Å². The molecule has 0 nitrogen and oxygen atoms in total. The summed E-state index contributed by atoms with van der Waals surface area (Å²) in [6.45, 7) is 13.5. The first-order valence-corrected chi connectivity index (χ1v) is 26.9. The number of halogens is 2. The number of rotatable bonds is 6. The van der Waals surface area contributed by atoms with Gasteiger partial charge in [-0.2, -0.15) is 41.6 Å². The van der Waals surface area contributed by atoms with Crippen molar-refractivity contribution in [3.63, 3.8) is 0 Å². The predicted molar refractivity (Wildman–Crippen MR) is 244 cm³/mol. The maximum atomic E-state index is 4.93. The molecule has 8 aromatic rings. The van der Waals surface area contributed by atoms with Crippen molar-refractivity contribution in [2.24, 2.45) is 0 Å². The second-order valence-corrected chi connectivity index (χ2v) is 19.7. The molecular weight excluding hydrogens is 815 g/mol. The molecule has 0 bridgehead atoms. The van der Waals surface area contributed by atoms with Crippen molar-refractivity contribution in [3.8, 4) is 33.4 Å². The van der Waals surface area contributed by atoms with Crippen molar-refractivity contribution >= 4 is 58.5 Å². The van der Waals surface area contributed by atoms with Crippen molar-refractivity contribution in [3.05, 3.63) is 180 Å². The average Bonchev–Trinajstić information content (AvgIpc) is 3.94. The van der Waals surface area contributed by atoms with Crippen molar-refractivity contribution in [2.75, 3.05) is 0 Å². The maximum Gasteiger partial charge on any atom is 0.0920 e. The van der Waals surface area contributed by atoms with Crippen LogP contribution in [0.2, 0.25) is 0 Å². The SMILES string of the molecule is CCC(C)c1ccc2[cH-]c(C)cc2c1-c1ccccc1.CCC(C)c1ccc2[cH-]c(C)cc2c1-c1ccccc1.[Cl][Zr][Cl].[c-]1cccc2c1[Si]c1ccccc1-2. The predicted octanol–water partition coefficient (Wildman–Crippen LogP) is 14.6. The van der Waals surface area contributed by atoms with Crippen LogP contribution in [0.25, 0.3) is 54.9 Å². The summed E-state index contributed by atoms with van der Waals surface area (Å²) in [5.74, 6) is 1.18. The third-order valence-electron chi connectivity index (χ3n) is 10.9. The van der Waals surface area contributed by atoms with Crippen LogP contribution in [0.15, 0.2) is 152 Å². The van der Waals surface area contributed by atoms with Gasteiger partial charge in [-0.25, -0.2) is 0 Å². The van der Waals surface area contributed by atoms with Crippen LogP contribution in [-0.4, -0.2) is 9.52 Å². The Balaban J connectivity index is 0.000000140. The smallest absolute Gasteiger partial charge is 0.0920 e. The molecule has 2 unspecified atom stereocenters. The van der Waals surface area contributed by atoms with Crippen molar-refractivity contribution in [2.45, 2.75) is 66.2 Å². The van der Waals surface area contributed by atoms with Crippen LogP contribution < -0.4 is 10.4 Å². The minimum atomic E-state index is -0.826. The van der Waals surface area contributed by atoms with Crippen LogP contribution in [0.3, 0.4) is 0 Å². The number of benzene rings is 6. The van der Waals surface area contributed by atoms with Gasteiger partial charge in [0.15, 0.2) is 0 Å². The molecular formula is C52H49Cl2SiZr-3. The zero-order valence-corrected chi connectivity index (χ0v) is 38.2. The normalized spacial score (nSPS) is 12.2. The summed E-state index contributed by atoms with van der Waals surface area (Å²) in [7, 11) is 10.7. The van der Waals surface area contributed by atoms with E-state index in [4.69, 9.17) is 17.0 Å². The molecule has 0 saturated heterocycles. The number of fused-ring (bicyclic) bond motifs is 5. The van der Waals surface area contributed by atoms with Crippen molar-refractivity contribution in [1.29, 1.82) is 0 Å². The summed E-state index contributed by atoms with van der Waals surface area (Å²) in [6.07, 6.45) is 2.34. The van der Waals surface area contributed by atoms with Gasteiger partial charge in [0, 0.05) is 0 Å². The molecule has 9 rings (SSSR count). The molecule has 4 heteroatoms. The summed E-state index contributed by atoms with van der Waals surface area (Å²) < 4.78 is 0. The minimum Gasteiger partial charge on any atom is -0.184 e. The van der Waals surface area contributed by atoms with Gasteiger partial charge >= 0.3 is 37.9 Å². The van der Waals surface area contributed by atoms with E-state index >= 15 is 0 Å². The van der Waals surface area contributed by atoms with E-state index in [1.165, 1.54) is 100 Å². The zero-order valence-electron chi connectivity index (χ0n) is 33.3. The molecule has 0 aliphatic carbocycles. The van der Waals surface area contributed by atoms with E-state index in [0.29, 0.717) is 11.8 Å². The molecule has 1 aliphatic heterocycles. The first-order valence-electron chi connectivity index (χ1n) is 19.6. The van der Waals surface area contributed by atoms with Gasteiger partial charge in [-0.1, -0.05) is 159 Å².